The van der Waals surface area contributed by atoms with E-state index < -0.39 is 0 Å². The molecular weight excluding hydrogens is 160 g/mol. The number of nitrogens with zero attached hydrogens (tertiary/aromatic N) is 1. The van der Waals surface area contributed by atoms with Crippen molar-refractivity contribution in [3.63, 3.8) is 0 Å². The smallest absolute Gasteiger partial charge is 0.0307 e. The number of hydrogen-bond acceptors (Lipinski definition) is 2. The van der Waals surface area contributed by atoms with E-state index in [-0.39, 0.29) is 0 Å². The van der Waals surface area contributed by atoms with Crippen molar-refractivity contribution in [2.45, 2.75) is 39.7 Å². The molecule has 1 aliphatic heterocycles. The van der Waals surface area contributed by atoms with Crippen LogP contribution in [0.2, 0.25) is 0 Å². The second kappa shape index (κ2) is 6.96. The third-order valence-electron chi connectivity index (χ3n) is 2.46. The molecule has 13 heavy (non-hydrogen) atoms. The van der Waals surface area contributed by atoms with Gasteiger partial charge in [-0.2, -0.15) is 0 Å². The Kier molecular flexibility index (Phi) is 6.69. The second-order valence-electron chi connectivity index (χ2n) is 3.33. The van der Waals surface area contributed by atoms with Gasteiger partial charge in [-0.15, -0.1) is 0 Å². The minimum absolute atomic E-state index is 0.716. The summed E-state index contributed by atoms with van der Waals surface area (Å²) in [5.74, 6) is 0. The molecule has 0 aromatic heterocycles. The van der Waals surface area contributed by atoms with Crippen LogP contribution in [-0.4, -0.2) is 31.1 Å². The molecule has 1 heterocycles. The average Bonchev–Trinajstić information content (AvgIpc) is 2.21. The molecule has 0 radical (unpaired) electrons. The number of piperidine rings is 1. The quantitative estimate of drug-likeness (QED) is 0.708. The van der Waals surface area contributed by atoms with Gasteiger partial charge in [0.15, 0.2) is 0 Å². The van der Waals surface area contributed by atoms with E-state index >= 15 is 0 Å². The standard InChI is InChI=1S/C9H18N2.C2H6/c1-8(2)11(3)9-4-6-10-7-5-9;1-2/h9-10H,1,4-7H2,2-3H3;1-2H3. The summed E-state index contributed by atoms with van der Waals surface area (Å²) in [6.07, 6.45) is 2.51. The fraction of sp³-hybridized carbons (Fsp3) is 0.818. The molecule has 1 aliphatic rings. The van der Waals surface area contributed by atoms with Gasteiger partial charge in [0.2, 0.25) is 0 Å². The minimum Gasteiger partial charge on any atom is -0.376 e. The van der Waals surface area contributed by atoms with Gasteiger partial charge in [-0.1, -0.05) is 20.4 Å². The van der Waals surface area contributed by atoms with Gasteiger partial charge in [-0.05, 0) is 32.9 Å². The maximum atomic E-state index is 3.94. The number of nitrogens with one attached hydrogen (secondary N) is 1. The highest BCUT2D eigenvalue weighted by atomic mass is 15.1. The molecule has 0 spiro atoms. The van der Waals surface area contributed by atoms with E-state index in [4.69, 9.17) is 0 Å². The Labute approximate surface area is 83.0 Å². The topological polar surface area (TPSA) is 15.3 Å². The first-order chi connectivity index (χ1) is 6.22. The highest BCUT2D eigenvalue weighted by Crippen LogP contribution is 2.13. The first kappa shape index (κ1) is 12.5. The lowest BCUT2D eigenvalue weighted by Crippen LogP contribution is -2.40. The van der Waals surface area contributed by atoms with E-state index in [9.17, 15) is 0 Å². The third-order valence-corrected chi connectivity index (χ3v) is 2.46. The van der Waals surface area contributed by atoms with Crippen LogP contribution in [0.5, 0.6) is 0 Å². The van der Waals surface area contributed by atoms with Crippen LogP contribution in [0.15, 0.2) is 12.3 Å². The van der Waals surface area contributed by atoms with Crippen LogP contribution in [0.1, 0.15) is 33.6 Å². The number of allylic oxidation sites excluding steroid dienone is 1. The van der Waals surface area contributed by atoms with Crippen molar-refractivity contribution < 1.29 is 0 Å². The lowest BCUT2D eigenvalue weighted by molar-refractivity contribution is 0.246. The lowest BCUT2D eigenvalue weighted by Gasteiger charge is -2.33. The van der Waals surface area contributed by atoms with Crippen molar-refractivity contribution in [2.75, 3.05) is 20.1 Å². The maximum Gasteiger partial charge on any atom is 0.0307 e. The van der Waals surface area contributed by atoms with Crippen molar-refractivity contribution in [1.82, 2.24) is 10.2 Å². The van der Waals surface area contributed by atoms with Gasteiger partial charge < -0.3 is 10.2 Å². The summed E-state index contributed by atoms with van der Waals surface area (Å²) in [7, 11) is 2.14. The van der Waals surface area contributed by atoms with E-state index in [1.54, 1.807) is 0 Å². The molecule has 0 aliphatic carbocycles. The van der Waals surface area contributed by atoms with Crippen LogP contribution >= 0.6 is 0 Å². The molecule has 0 saturated carbocycles. The molecule has 78 valence electrons. The SMILES string of the molecule is C=C(C)N(C)C1CCNCC1.CC. The van der Waals surface area contributed by atoms with Crippen molar-refractivity contribution in [3.8, 4) is 0 Å². The average molecular weight is 184 g/mol. The predicted octanol–water partition coefficient (Wildman–Crippen LogP) is 2.23. The molecule has 1 saturated heterocycles. The fourth-order valence-electron chi connectivity index (χ4n) is 1.51. The van der Waals surface area contributed by atoms with Gasteiger partial charge in [0.25, 0.3) is 0 Å². The maximum absolute atomic E-state index is 3.94. The lowest BCUT2D eigenvalue weighted by atomic mass is 10.1. The van der Waals surface area contributed by atoms with E-state index in [1.807, 2.05) is 13.8 Å². The van der Waals surface area contributed by atoms with Crippen molar-refractivity contribution in [1.29, 1.82) is 0 Å². The van der Waals surface area contributed by atoms with Gasteiger partial charge in [0, 0.05) is 18.8 Å². The van der Waals surface area contributed by atoms with E-state index in [2.05, 4.69) is 30.8 Å². The van der Waals surface area contributed by atoms with Crippen molar-refractivity contribution >= 4 is 0 Å². The van der Waals surface area contributed by atoms with E-state index in [1.165, 1.54) is 18.5 Å². The first-order valence-electron chi connectivity index (χ1n) is 5.31. The highest BCUT2D eigenvalue weighted by molar-refractivity contribution is 4.91. The van der Waals surface area contributed by atoms with Gasteiger partial charge >= 0.3 is 0 Å². The zero-order valence-electron chi connectivity index (χ0n) is 9.56. The normalized spacial score (nSPS) is 17.2. The van der Waals surface area contributed by atoms with Crippen LogP contribution in [0.3, 0.4) is 0 Å². The molecule has 1 rings (SSSR count). The molecule has 1 fully saturated rings. The Morgan fingerprint density at radius 3 is 2.15 bits per heavy atom. The Bertz CT molecular complexity index is 137. The van der Waals surface area contributed by atoms with Gasteiger partial charge in [0.1, 0.15) is 0 Å². The van der Waals surface area contributed by atoms with E-state index in [0.29, 0.717) is 6.04 Å². The fourth-order valence-corrected chi connectivity index (χ4v) is 1.51. The molecule has 0 bridgehead atoms. The number of rotatable bonds is 2. The Morgan fingerprint density at radius 1 is 1.31 bits per heavy atom. The molecule has 2 heteroatoms. The van der Waals surface area contributed by atoms with Crippen LogP contribution in [0, 0.1) is 0 Å². The zero-order valence-corrected chi connectivity index (χ0v) is 9.56. The minimum atomic E-state index is 0.716. The summed E-state index contributed by atoms with van der Waals surface area (Å²) in [5, 5.41) is 3.35. The van der Waals surface area contributed by atoms with Crippen LogP contribution in [-0.2, 0) is 0 Å². The molecule has 0 unspecified atom stereocenters. The molecule has 0 aromatic rings. The Morgan fingerprint density at radius 2 is 1.77 bits per heavy atom. The van der Waals surface area contributed by atoms with E-state index in [0.717, 1.165) is 13.1 Å². The summed E-state index contributed by atoms with van der Waals surface area (Å²) in [6, 6.07) is 0.716. The molecular formula is C11H24N2. The zero-order chi connectivity index (χ0) is 10.3. The Balaban J connectivity index is 0.000000671. The number of hydrogen-bond donors (Lipinski definition) is 1. The van der Waals surface area contributed by atoms with Crippen LogP contribution in [0.4, 0.5) is 0 Å². The molecule has 1 N–H and O–H groups in total. The largest absolute Gasteiger partial charge is 0.376 e. The third kappa shape index (κ3) is 4.32. The van der Waals surface area contributed by atoms with Crippen molar-refractivity contribution in [3.05, 3.63) is 12.3 Å². The van der Waals surface area contributed by atoms with Gasteiger partial charge in [-0.3, -0.25) is 0 Å². The molecule has 0 atom stereocenters. The Hall–Kier alpha value is -0.500. The van der Waals surface area contributed by atoms with Crippen LogP contribution < -0.4 is 5.32 Å². The summed E-state index contributed by atoms with van der Waals surface area (Å²) in [4.78, 5) is 2.29. The first-order valence-corrected chi connectivity index (χ1v) is 5.31. The summed E-state index contributed by atoms with van der Waals surface area (Å²) in [5.41, 5.74) is 1.18. The van der Waals surface area contributed by atoms with Crippen LogP contribution in [0.25, 0.3) is 0 Å². The predicted molar refractivity (Wildman–Crippen MR) is 59.8 cm³/mol. The summed E-state index contributed by atoms with van der Waals surface area (Å²) < 4.78 is 0. The molecule has 0 aromatic carbocycles. The monoisotopic (exact) mass is 184 g/mol. The molecule has 0 amide bonds. The molecule has 2 nitrogen and oxygen atoms in total. The second-order valence-corrected chi connectivity index (χ2v) is 3.33. The highest BCUT2D eigenvalue weighted by Gasteiger charge is 2.16. The summed E-state index contributed by atoms with van der Waals surface area (Å²) in [6.45, 7) is 12.3. The summed E-state index contributed by atoms with van der Waals surface area (Å²) >= 11 is 0. The van der Waals surface area contributed by atoms with Gasteiger partial charge in [-0.25, -0.2) is 0 Å². The van der Waals surface area contributed by atoms with Crippen molar-refractivity contribution in [2.24, 2.45) is 0 Å². The van der Waals surface area contributed by atoms with Gasteiger partial charge in [0.05, 0.1) is 0 Å².